The molecule has 0 spiro atoms. The van der Waals surface area contributed by atoms with Crippen LogP contribution < -0.4 is 5.73 Å². The molecule has 0 bridgehead atoms. The van der Waals surface area contributed by atoms with Gasteiger partial charge in [-0.1, -0.05) is 36.7 Å². The molecule has 3 fully saturated rings. The summed E-state index contributed by atoms with van der Waals surface area (Å²) in [5.41, 5.74) is 9.89. The van der Waals surface area contributed by atoms with Crippen molar-refractivity contribution >= 4 is 17.5 Å². The van der Waals surface area contributed by atoms with Gasteiger partial charge in [0, 0.05) is 18.9 Å². The summed E-state index contributed by atoms with van der Waals surface area (Å²) < 4.78 is 0. The summed E-state index contributed by atoms with van der Waals surface area (Å²) in [5.74, 6) is 2.34. The Kier molecular flexibility index (Phi) is 6.04. The second-order valence-corrected chi connectivity index (χ2v) is 11.7. The van der Waals surface area contributed by atoms with Crippen LogP contribution in [0.4, 0.5) is 0 Å². The number of hydrogen-bond acceptors (Lipinski definition) is 5. The Morgan fingerprint density at radius 2 is 1.82 bits per heavy atom. The second-order valence-electron chi connectivity index (χ2n) is 11.7. The number of carbonyl (C=O) groups is 2. The molecule has 3 saturated carbocycles. The van der Waals surface area contributed by atoms with Crippen molar-refractivity contribution in [2.45, 2.75) is 78.7 Å². The number of oxime groups is 1. The maximum absolute atomic E-state index is 12.5. The Morgan fingerprint density at radius 1 is 1.06 bits per heavy atom. The number of rotatable bonds is 4. The van der Waals surface area contributed by atoms with E-state index in [0.29, 0.717) is 42.1 Å². The van der Waals surface area contributed by atoms with Crippen LogP contribution in [0.5, 0.6) is 0 Å². The van der Waals surface area contributed by atoms with Crippen LogP contribution in [0.25, 0.3) is 0 Å². The minimum Gasteiger partial charge on any atom is -0.326 e. The quantitative estimate of drug-likeness (QED) is 0.347. The lowest BCUT2D eigenvalue weighted by Gasteiger charge is -2.58. The summed E-state index contributed by atoms with van der Waals surface area (Å²) in [4.78, 5) is 30.0. The minimum absolute atomic E-state index is 0.200. The van der Waals surface area contributed by atoms with Crippen LogP contribution in [0.1, 0.15) is 88.1 Å². The number of fused-ring (bicyclic) bond motifs is 5. The van der Waals surface area contributed by atoms with Gasteiger partial charge in [0.05, 0.1) is 11.3 Å². The minimum atomic E-state index is -0.419. The Morgan fingerprint density at radius 3 is 2.56 bits per heavy atom. The molecule has 1 aromatic carbocycles. The normalized spacial score (nSPS) is 37.4. The monoisotopic (exact) mass is 462 g/mol. The maximum Gasteiger partial charge on any atom is 0.365 e. The van der Waals surface area contributed by atoms with Crippen molar-refractivity contribution in [3.63, 3.8) is 0 Å². The molecule has 4 aliphatic rings. The van der Waals surface area contributed by atoms with E-state index in [9.17, 15) is 9.59 Å². The van der Waals surface area contributed by atoms with E-state index in [2.05, 4.69) is 19.0 Å². The molecule has 182 valence electrons. The van der Waals surface area contributed by atoms with Crippen molar-refractivity contribution in [3.05, 3.63) is 47.0 Å². The molecule has 34 heavy (non-hydrogen) atoms. The van der Waals surface area contributed by atoms with Gasteiger partial charge < -0.3 is 10.6 Å². The fraction of sp³-hybridized carbons (Fsp3) is 0.621. The van der Waals surface area contributed by atoms with Gasteiger partial charge in [0.2, 0.25) is 0 Å². The zero-order valence-corrected chi connectivity index (χ0v) is 20.8. The van der Waals surface area contributed by atoms with Crippen LogP contribution in [0, 0.1) is 34.5 Å². The molecule has 0 radical (unpaired) electrons. The highest BCUT2D eigenvalue weighted by atomic mass is 16.7. The Balaban J connectivity index is 1.30. The third-order valence-corrected chi connectivity index (χ3v) is 10.2. The fourth-order valence-electron chi connectivity index (χ4n) is 8.25. The van der Waals surface area contributed by atoms with E-state index in [0.717, 1.165) is 36.5 Å². The predicted octanol–water partition coefficient (Wildman–Crippen LogP) is 5.83. The topological polar surface area (TPSA) is 81.8 Å². The Hall–Kier alpha value is -2.27. The summed E-state index contributed by atoms with van der Waals surface area (Å²) in [6.07, 6.45) is 10.7. The predicted molar refractivity (Wildman–Crippen MR) is 133 cm³/mol. The first-order valence-electron chi connectivity index (χ1n) is 13.0. The van der Waals surface area contributed by atoms with E-state index in [1.165, 1.54) is 31.3 Å². The van der Waals surface area contributed by atoms with Gasteiger partial charge in [0.25, 0.3) is 0 Å². The van der Waals surface area contributed by atoms with Gasteiger partial charge in [0.1, 0.15) is 0 Å². The molecule has 4 aliphatic carbocycles. The molecule has 0 heterocycles. The van der Waals surface area contributed by atoms with Crippen LogP contribution in [0.3, 0.4) is 0 Å². The molecule has 6 unspecified atom stereocenters. The van der Waals surface area contributed by atoms with Crippen molar-refractivity contribution in [1.82, 2.24) is 0 Å². The zero-order chi connectivity index (χ0) is 24.1. The number of hydrogen-bond donors (Lipinski definition) is 1. The molecule has 0 aromatic heterocycles. The summed E-state index contributed by atoms with van der Waals surface area (Å²) in [7, 11) is 0. The first-order valence-corrected chi connectivity index (χ1v) is 13.0. The van der Waals surface area contributed by atoms with E-state index in [-0.39, 0.29) is 10.8 Å². The largest absolute Gasteiger partial charge is 0.365 e. The highest BCUT2D eigenvalue weighted by Crippen LogP contribution is 2.66. The number of nitrogens with two attached hydrogens (primary N) is 1. The number of ketones is 1. The molecule has 6 atom stereocenters. The third-order valence-electron chi connectivity index (χ3n) is 10.2. The van der Waals surface area contributed by atoms with Crippen molar-refractivity contribution in [2.24, 2.45) is 45.4 Å². The average molecular weight is 463 g/mol. The van der Waals surface area contributed by atoms with Gasteiger partial charge in [-0.3, -0.25) is 4.79 Å². The van der Waals surface area contributed by atoms with Crippen LogP contribution >= 0.6 is 0 Å². The number of nitrogens with zero attached hydrogens (tertiary/aromatic N) is 1. The summed E-state index contributed by atoms with van der Waals surface area (Å²) in [6, 6.07) is 7.19. The first-order chi connectivity index (χ1) is 16.3. The molecule has 0 aliphatic heterocycles. The fourth-order valence-corrected chi connectivity index (χ4v) is 8.25. The number of allylic oxidation sites excluding steroid dienone is 1. The van der Waals surface area contributed by atoms with Gasteiger partial charge in [-0.15, -0.1) is 0 Å². The second kappa shape index (κ2) is 8.75. The van der Waals surface area contributed by atoms with Gasteiger partial charge in [-0.05, 0) is 104 Å². The smallest absolute Gasteiger partial charge is 0.326 e. The average Bonchev–Trinajstić information content (AvgIpc) is 3.20. The highest BCUT2D eigenvalue weighted by Gasteiger charge is 2.59. The molecule has 0 saturated heterocycles. The standard InChI is InChI=1S/C29H38N2O3/c1-18(31-34-27(33)20-6-4-19(17-30)5-7-20)24-10-11-25-23-9-8-21-16-22(32)12-14-28(21,2)26(23)13-15-29(24,25)3/h4-7,16,23-26H,8-15,17,30H2,1-3H3/b31-18+. The van der Waals surface area contributed by atoms with Crippen LogP contribution in [-0.4, -0.2) is 17.5 Å². The van der Waals surface area contributed by atoms with E-state index in [1.54, 1.807) is 12.1 Å². The lowest BCUT2D eigenvalue weighted by atomic mass is 9.46. The lowest BCUT2D eigenvalue weighted by molar-refractivity contribution is -0.117. The summed E-state index contributed by atoms with van der Waals surface area (Å²) >= 11 is 0. The molecular formula is C29H38N2O3. The maximum atomic E-state index is 12.5. The van der Waals surface area contributed by atoms with E-state index in [4.69, 9.17) is 10.6 Å². The molecule has 5 heteroatoms. The zero-order valence-electron chi connectivity index (χ0n) is 20.8. The van der Waals surface area contributed by atoms with Crippen LogP contribution in [0.15, 0.2) is 41.1 Å². The number of carbonyl (C=O) groups excluding carboxylic acids is 2. The third kappa shape index (κ3) is 3.77. The first kappa shape index (κ1) is 23.5. The van der Waals surface area contributed by atoms with Gasteiger partial charge in [0.15, 0.2) is 5.78 Å². The molecule has 5 rings (SSSR count). The highest BCUT2D eigenvalue weighted by molar-refractivity contribution is 5.92. The Labute approximate surface area is 203 Å². The Bertz CT molecular complexity index is 1040. The van der Waals surface area contributed by atoms with E-state index >= 15 is 0 Å². The summed E-state index contributed by atoms with van der Waals surface area (Å²) in [5, 5.41) is 4.35. The van der Waals surface area contributed by atoms with Crippen molar-refractivity contribution < 1.29 is 14.4 Å². The van der Waals surface area contributed by atoms with Gasteiger partial charge in [-0.25, -0.2) is 4.79 Å². The van der Waals surface area contributed by atoms with Crippen LogP contribution in [-0.2, 0) is 16.2 Å². The van der Waals surface area contributed by atoms with Gasteiger partial charge >= 0.3 is 5.97 Å². The molecule has 2 N–H and O–H groups in total. The van der Waals surface area contributed by atoms with Gasteiger partial charge in [-0.2, -0.15) is 0 Å². The van der Waals surface area contributed by atoms with E-state index < -0.39 is 5.97 Å². The summed E-state index contributed by atoms with van der Waals surface area (Å²) in [6.45, 7) is 7.37. The molecule has 5 nitrogen and oxygen atoms in total. The molecule has 0 amide bonds. The van der Waals surface area contributed by atoms with E-state index in [1.807, 2.05) is 25.1 Å². The van der Waals surface area contributed by atoms with Crippen molar-refractivity contribution in [1.29, 1.82) is 0 Å². The lowest BCUT2D eigenvalue weighted by Crippen LogP contribution is -2.51. The number of benzene rings is 1. The SMILES string of the molecule is C/C(=N\OC(=O)c1ccc(CN)cc1)C1CCC2C3CCC4=CC(=O)CCC4(C)C3CCC12C. The van der Waals surface area contributed by atoms with Crippen LogP contribution in [0.2, 0.25) is 0 Å². The van der Waals surface area contributed by atoms with Crippen molar-refractivity contribution in [2.75, 3.05) is 0 Å². The van der Waals surface area contributed by atoms with Crippen molar-refractivity contribution in [3.8, 4) is 0 Å². The molecule has 1 aromatic rings. The molecular weight excluding hydrogens is 424 g/mol.